The van der Waals surface area contributed by atoms with Crippen molar-refractivity contribution in [2.45, 2.75) is 32.6 Å². The highest BCUT2D eigenvalue weighted by Crippen LogP contribution is 2.20. The molecule has 1 atom stereocenters. The zero-order valence-corrected chi connectivity index (χ0v) is 12.9. The van der Waals surface area contributed by atoms with Gasteiger partial charge in [0.1, 0.15) is 0 Å². The third kappa shape index (κ3) is 4.43. The van der Waals surface area contributed by atoms with Crippen molar-refractivity contribution >= 4 is 16.1 Å². The molecule has 0 spiro atoms. The molecule has 1 heterocycles. The highest BCUT2D eigenvalue weighted by atomic mass is 32.2. The predicted octanol–water partition coefficient (Wildman–Crippen LogP) is 0.421. The van der Waals surface area contributed by atoms with E-state index in [1.165, 1.54) is 22.7 Å². The molecule has 1 aliphatic heterocycles. The lowest BCUT2D eigenvalue weighted by atomic mass is 9.99. The fraction of sp³-hybridized carbons (Fsp3) is 0.917. The molecular weight excluding hydrogens is 266 g/mol. The van der Waals surface area contributed by atoms with Crippen LogP contribution in [0.3, 0.4) is 0 Å². The molecular formula is C12H25N3O3S. The summed E-state index contributed by atoms with van der Waals surface area (Å²) in [5.74, 6) is -0.243. The number of carbonyl (C=O) groups is 1. The average Bonchev–Trinajstić information content (AvgIpc) is 2.39. The van der Waals surface area contributed by atoms with Crippen LogP contribution in [0.15, 0.2) is 0 Å². The highest BCUT2D eigenvalue weighted by molar-refractivity contribution is 7.86. The fourth-order valence-corrected chi connectivity index (χ4v) is 3.32. The minimum Gasteiger partial charge on any atom is -0.356 e. The molecule has 1 saturated heterocycles. The van der Waals surface area contributed by atoms with Crippen LogP contribution in [-0.2, 0) is 15.0 Å². The number of piperidine rings is 1. The van der Waals surface area contributed by atoms with Crippen molar-refractivity contribution in [2.75, 3.05) is 33.7 Å². The Labute approximate surface area is 116 Å². The minimum atomic E-state index is -3.40. The van der Waals surface area contributed by atoms with Crippen molar-refractivity contribution in [1.82, 2.24) is 13.9 Å². The topological polar surface area (TPSA) is 69.7 Å². The monoisotopic (exact) mass is 291 g/mol. The largest absolute Gasteiger partial charge is 0.356 e. The normalized spacial score (nSPS) is 21.6. The lowest BCUT2D eigenvalue weighted by molar-refractivity contribution is -0.126. The first kappa shape index (κ1) is 16.4. The number of hydrogen-bond acceptors (Lipinski definition) is 3. The van der Waals surface area contributed by atoms with Gasteiger partial charge in [-0.05, 0) is 19.3 Å². The van der Waals surface area contributed by atoms with Crippen LogP contribution >= 0.6 is 0 Å². The van der Waals surface area contributed by atoms with E-state index in [1.807, 2.05) is 0 Å². The second-order valence-electron chi connectivity index (χ2n) is 5.13. The van der Waals surface area contributed by atoms with Crippen molar-refractivity contribution in [3.05, 3.63) is 0 Å². The van der Waals surface area contributed by atoms with Gasteiger partial charge in [0.05, 0.1) is 5.92 Å². The Hall–Kier alpha value is -0.660. The van der Waals surface area contributed by atoms with Crippen molar-refractivity contribution in [3.63, 3.8) is 0 Å². The molecule has 19 heavy (non-hydrogen) atoms. The van der Waals surface area contributed by atoms with Crippen LogP contribution < -0.4 is 5.32 Å². The van der Waals surface area contributed by atoms with Gasteiger partial charge in [-0.25, -0.2) is 0 Å². The standard InChI is InChI=1S/C12H25N3O3S/c1-4-5-8-13-12(16)11-7-6-9-15(10-11)19(17,18)14(2)3/h11H,4-10H2,1-3H3,(H,13,16)/t11-/m1/s1. The summed E-state index contributed by atoms with van der Waals surface area (Å²) in [6.07, 6.45) is 3.49. The van der Waals surface area contributed by atoms with Crippen molar-refractivity contribution in [2.24, 2.45) is 5.92 Å². The number of hydrogen-bond donors (Lipinski definition) is 1. The summed E-state index contributed by atoms with van der Waals surface area (Å²) in [6, 6.07) is 0. The van der Waals surface area contributed by atoms with Gasteiger partial charge in [0.25, 0.3) is 10.2 Å². The maximum Gasteiger partial charge on any atom is 0.281 e. The van der Waals surface area contributed by atoms with Crippen LogP contribution in [0, 0.1) is 5.92 Å². The van der Waals surface area contributed by atoms with E-state index >= 15 is 0 Å². The first-order valence-electron chi connectivity index (χ1n) is 6.85. The molecule has 0 aliphatic carbocycles. The molecule has 0 aromatic rings. The van der Waals surface area contributed by atoms with Crippen molar-refractivity contribution in [3.8, 4) is 0 Å². The van der Waals surface area contributed by atoms with Crippen LogP contribution in [0.25, 0.3) is 0 Å². The second kappa shape index (κ2) is 7.21. The number of carbonyl (C=O) groups excluding carboxylic acids is 1. The quantitative estimate of drug-likeness (QED) is 0.721. The van der Waals surface area contributed by atoms with Gasteiger partial charge < -0.3 is 5.32 Å². The van der Waals surface area contributed by atoms with E-state index < -0.39 is 10.2 Å². The molecule has 1 rings (SSSR count). The highest BCUT2D eigenvalue weighted by Gasteiger charge is 2.33. The van der Waals surface area contributed by atoms with Gasteiger partial charge in [-0.1, -0.05) is 13.3 Å². The molecule has 0 aromatic heterocycles. The summed E-state index contributed by atoms with van der Waals surface area (Å²) < 4.78 is 26.7. The first-order chi connectivity index (χ1) is 8.89. The van der Waals surface area contributed by atoms with Gasteiger partial charge in [0.15, 0.2) is 0 Å². The van der Waals surface area contributed by atoms with Gasteiger partial charge in [-0.3, -0.25) is 4.79 Å². The molecule has 112 valence electrons. The van der Waals surface area contributed by atoms with Gasteiger partial charge in [-0.2, -0.15) is 17.0 Å². The zero-order valence-electron chi connectivity index (χ0n) is 12.1. The van der Waals surface area contributed by atoms with Crippen LogP contribution in [0.1, 0.15) is 32.6 Å². The number of unbranched alkanes of at least 4 members (excludes halogenated alkanes) is 1. The minimum absolute atomic E-state index is 0.0212. The smallest absolute Gasteiger partial charge is 0.281 e. The molecule has 1 aliphatic rings. The maximum absolute atomic E-state index is 12.0. The summed E-state index contributed by atoms with van der Waals surface area (Å²) in [5.41, 5.74) is 0. The molecule has 0 unspecified atom stereocenters. The van der Waals surface area contributed by atoms with E-state index in [9.17, 15) is 13.2 Å². The number of nitrogens with one attached hydrogen (secondary N) is 1. The fourth-order valence-electron chi connectivity index (χ4n) is 2.13. The third-order valence-corrected chi connectivity index (χ3v) is 5.28. The van der Waals surface area contributed by atoms with E-state index in [-0.39, 0.29) is 11.8 Å². The Bertz CT molecular complexity index is 395. The Kier molecular flexibility index (Phi) is 6.22. The van der Waals surface area contributed by atoms with Crippen LogP contribution in [-0.4, -0.2) is 56.7 Å². The van der Waals surface area contributed by atoms with Crippen LogP contribution in [0.4, 0.5) is 0 Å². The summed E-state index contributed by atoms with van der Waals surface area (Å²) in [5, 5.41) is 2.88. The molecule has 0 radical (unpaired) electrons. The van der Waals surface area contributed by atoms with E-state index in [0.29, 0.717) is 19.6 Å². The lowest BCUT2D eigenvalue weighted by Crippen LogP contribution is -2.48. The van der Waals surface area contributed by atoms with Gasteiger partial charge in [0.2, 0.25) is 5.91 Å². The summed E-state index contributed by atoms with van der Waals surface area (Å²) in [7, 11) is -0.377. The van der Waals surface area contributed by atoms with Crippen LogP contribution in [0.5, 0.6) is 0 Å². The molecule has 7 heteroatoms. The SMILES string of the molecule is CCCCNC(=O)[C@@H]1CCCN(S(=O)(=O)N(C)C)C1. The van der Waals surface area contributed by atoms with Crippen molar-refractivity contribution in [1.29, 1.82) is 0 Å². The van der Waals surface area contributed by atoms with Gasteiger partial charge in [0, 0.05) is 33.7 Å². The average molecular weight is 291 g/mol. The summed E-state index contributed by atoms with van der Waals surface area (Å²) >= 11 is 0. The van der Waals surface area contributed by atoms with E-state index in [2.05, 4.69) is 12.2 Å². The maximum atomic E-state index is 12.0. The number of nitrogens with zero attached hydrogens (tertiary/aromatic N) is 2. The van der Waals surface area contributed by atoms with Gasteiger partial charge >= 0.3 is 0 Å². The van der Waals surface area contributed by atoms with Crippen LogP contribution in [0.2, 0.25) is 0 Å². The Morgan fingerprint density at radius 3 is 2.68 bits per heavy atom. The molecule has 1 fully saturated rings. The molecule has 0 aromatic carbocycles. The Morgan fingerprint density at radius 1 is 1.42 bits per heavy atom. The number of amides is 1. The number of rotatable bonds is 6. The lowest BCUT2D eigenvalue weighted by Gasteiger charge is -2.32. The third-order valence-electron chi connectivity index (χ3n) is 3.37. The second-order valence-corrected chi connectivity index (χ2v) is 7.27. The van der Waals surface area contributed by atoms with E-state index in [1.54, 1.807) is 0 Å². The molecule has 0 saturated carbocycles. The zero-order chi connectivity index (χ0) is 14.5. The Morgan fingerprint density at radius 2 is 2.11 bits per heavy atom. The van der Waals surface area contributed by atoms with E-state index in [0.717, 1.165) is 25.7 Å². The van der Waals surface area contributed by atoms with E-state index in [4.69, 9.17) is 0 Å². The summed E-state index contributed by atoms with van der Waals surface area (Å²) in [6.45, 7) is 3.53. The molecule has 1 N–H and O–H groups in total. The van der Waals surface area contributed by atoms with Crippen molar-refractivity contribution < 1.29 is 13.2 Å². The van der Waals surface area contributed by atoms with Gasteiger partial charge in [-0.15, -0.1) is 0 Å². The molecule has 1 amide bonds. The summed E-state index contributed by atoms with van der Waals surface area (Å²) in [4.78, 5) is 12.0. The Balaban J connectivity index is 2.57. The molecule has 0 bridgehead atoms. The first-order valence-corrected chi connectivity index (χ1v) is 8.24. The predicted molar refractivity (Wildman–Crippen MR) is 74.8 cm³/mol. The molecule has 6 nitrogen and oxygen atoms in total.